The Morgan fingerprint density at radius 3 is 2.20 bits per heavy atom. The smallest absolute Gasteiger partial charge is 0.411 e. The van der Waals surface area contributed by atoms with Crippen molar-refractivity contribution in [3.05, 3.63) is 89.2 Å². The van der Waals surface area contributed by atoms with Gasteiger partial charge in [0.05, 0.1) is 5.56 Å². The Labute approximate surface area is 202 Å². The lowest BCUT2D eigenvalue weighted by atomic mass is 9.98. The second kappa shape index (κ2) is 9.97. The van der Waals surface area contributed by atoms with E-state index in [4.69, 9.17) is 4.74 Å². The zero-order valence-corrected chi connectivity index (χ0v) is 19.3. The highest BCUT2D eigenvalue weighted by Crippen LogP contribution is 2.44. The van der Waals surface area contributed by atoms with Crippen LogP contribution in [0.5, 0.6) is 0 Å². The van der Waals surface area contributed by atoms with E-state index >= 15 is 0 Å². The fourth-order valence-electron chi connectivity index (χ4n) is 4.46. The third-order valence-corrected chi connectivity index (χ3v) is 6.25. The fourth-order valence-corrected chi connectivity index (χ4v) is 4.46. The van der Waals surface area contributed by atoms with Crippen LogP contribution in [0, 0.1) is 5.82 Å². The van der Waals surface area contributed by atoms with Crippen LogP contribution in [0.3, 0.4) is 0 Å². The summed E-state index contributed by atoms with van der Waals surface area (Å²) >= 11 is 0. The van der Waals surface area contributed by atoms with Gasteiger partial charge in [0.2, 0.25) is 0 Å². The first-order chi connectivity index (χ1) is 16.8. The van der Waals surface area contributed by atoms with Gasteiger partial charge in [0.25, 0.3) is 5.91 Å². The van der Waals surface area contributed by atoms with Crippen LogP contribution in [-0.4, -0.2) is 47.7 Å². The summed E-state index contributed by atoms with van der Waals surface area (Å²) in [6.07, 6.45) is -0.584. The van der Waals surface area contributed by atoms with Crippen LogP contribution in [0.2, 0.25) is 0 Å². The number of amides is 2. The third-order valence-electron chi connectivity index (χ3n) is 6.25. The molecule has 0 bridgehead atoms. The first kappa shape index (κ1) is 23.9. The van der Waals surface area contributed by atoms with Crippen molar-refractivity contribution in [2.75, 3.05) is 19.0 Å². The monoisotopic (exact) mass is 476 g/mol. The number of carboxylic acid groups (broad SMARTS) is 1. The number of nitrogens with one attached hydrogen (secondary N) is 1. The molecule has 0 fully saturated rings. The molecule has 2 amide bonds. The molecule has 35 heavy (non-hydrogen) atoms. The molecule has 7 nitrogen and oxygen atoms in total. The van der Waals surface area contributed by atoms with Gasteiger partial charge in [-0.15, -0.1) is 0 Å². The van der Waals surface area contributed by atoms with Gasteiger partial charge in [0.1, 0.15) is 18.5 Å². The molecule has 2 N–H and O–H groups in total. The van der Waals surface area contributed by atoms with E-state index in [0.29, 0.717) is 0 Å². The van der Waals surface area contributed by atoms with E-state index in [0.717, 1.165) is 33.2 Å². The minimum Gasteiger partial charge on any atom is -0.480 e. The molecule has 3 aromatic carbocycles. The number of rotatable bonds is 7. The van der Waals surface area contributed by atoms with Gasteiger partial charge >= 0.3 is 12.1 Å². The molecule has 0 aromatic heterocycles. The summed E-state index contributed by atoms with van der Waals surface area (Å²) in [6, 6.07) is 18.3. The predicted octanol–water partition coefficient (Wildman–Crippen LogP) is 5.12. The molecule has 8 heteroatoms. The molecule has 0 radical (unpaired) electrons. The maximum Gasteiger partial charge on any atom is 0.411 e. The Morgan fingerprint density at radius 2 is 1.63 bits per heavy atom. The zero-order chi connectivity index (χ0) is 25.1. The van der Waals surface area contributed by atoms with Crippen LogP contribution in [0.25, 0.3) is 11.1 Å². The van der Waals surface area contributed by atoms with Crippen molar-refractivity contribution in [3.8, 4) is 11.1 Å². The molecule has 0 saturated heterocycles. The van der Waals surface area contributed by atoms with Gasteiger partial charge in [-0.2, -0.15) is 0 Å². The van der Waals surface area contributed by atoms with Crippen molar-refractivity contribution >= 4 is 23.7 Å². The Balaban J connectivity index is 1.46. The number of fused-ring (bicyclic) bond motifs is 3. The van der Waals surface area contributed by atoms with E-state index in [2.05, 4.69) is 5.32 Å². The topological polar surface area (TPSA) is 95.9 Å². The maximum absolute atomic E-state index is 14.4. The number of hydrogen-bond acceptors (Lipinski definition) is 4. The number of carbonyl (C=O) groups excluding carboxylic acids is 2. The molecule has 4 rings (SSSR count). The number of aliphatic carboxylic acids is 1. The van der Waals surface area contributed by atoms with E-state index in [9.17, 15) is 23.9 Å². The van der Waals surface area contributed by atoms with Crippen LogP contribution < -0.4 is 5.32 Å². The zero-order valence-electron chi connectivity index (χ0n) is 19.3. The molecule has 0 heterocycles. The number of halogens is 1. The van der Waals surface area contributed by atoms with Crippen molar-refractivity contribution in [1.82, 2.24) is 4.90 Å². The molecule has 3 aromatic rings. The largest absolute Gasteiger partial charge is 0.480 e. The lowest BCUT2D eigenvalue weighted by Gasteiger charge is -2.24. The average molecular weight is 477 g/mol. The SMILES string of the molecule is CCC(C(=O)O)N(C)C(=O)c1cc(NC(=O)OCC2c3ccccc3-c3ccccc32)ccc1F. The van der Waals surface area contributed by atoms with Crippen molar-refractivity contribution in [1.29, 1.82) is 0 Å². The van der Waals surface area contributed by atoms with Crippen LogP contribution in [0.1, 0.15) is 40.7 Å². The first-order valence-electron chi connectivity index (χ1n) is 11.2. The van der Waals surface area contributed by atoms with E-state index < -0.39 is 29.8 Å². The van der Waals surface area contributed by atoms with E-state index in [1.54, 1.807) is 6.92 Å². The normalized spacial score (nSPS) is 12.9. The number of likely N-dealkylation sites (N-methyl/N-ethyl adjacent to an activating group) is 1. The Hall–Kier alpha value is -4.20. The molecule has 1 aliphatic carbocycles. The number of carboxylic acids is 1. The summed E-state index contributed by atoms with van der Waals surface area (Å²) in [5, 5.41) is 11.8. The first-order valence-corrected chi connectivity index (χ1v) is 11.2. The third kappa shape index (κ3) is 4.73. The molecule has 0 aliphatic heterocycles. The van der Waals surface area contributed by atoms with Crippen LogP contribution >= 0.6 is 0 Å². The number of benzene rings is 3. The van der Waals surface area contributed by atoms with Gasteiger partial charge in [0, 0.05) is 18.7 Å². The Morgan fingerprint density at radius 1 is 1.03 bits per heavy atom. The summed E-state index contributed by atoms with van der Waals surface area (Å²) in [6.45, 7) is 1.72. The van der Waals surface area contributed by atoms with Gasteiger partial charge in [-0.25, -0.2) is 14.0 Å². The minimum absolute atomic E-state index is 0.104. The predicted molar refractivity (Wildman–Crippen MR) is 129 cm³/mol. The number of carbonyl (C=O) groups is 3. The molecular weight excluding hydrogens is 451 g/mol. The Bertz CT molecular complexity index is 1250. The van der Waals surface area contributed by atoms with E-state index in [-0.39, 0.29) is 30.2 Å². The fraction of sp³-hybridized carbons (Fsp3) is 0.222. The van der Waals surface area contributed by atoms with Crippen molar-refractivity contribution < 1.29 is 28.6 Å². The van der Waals surface area contributed by atoms with Crippen LogP contribution in [-0.2, 0) is 9.53 Å². The van der Waals surface area contributed by atoms with E-state index in [1.807, 2.05) is 48.5 Å². The number of hydrogen-bond donors (Lipinski definition) is 2. The standard InChI is InChI=1S/C27H25FN2O5/c1-3-24(26(32)33)30(2)25(31)21-14-16(12-13-23(21)28)29-27(34)35-15-22-19-10-6-4-8-17(19)18-9-5-7-11-20(18)22/h4-14,22,24H,3,15H2,1-2H3,(H,29,34)(H,32,33). The van der Waals surface area contributed by atoms with Crippen molar-refractivity contribution in [2.45, 2.75) is 25.3 Å². The molecule has 180 valence electrons. The summed E-state index contributed by atoms with van der Waals surface area (Å²) in [4.78, 5) is 37.6. The van der Waals surface area contributed by atoms with Crippen LogP contribution in [0.4, 0.5) is 14.9 Å². The number of nitrogens with zero attached hydrogens (tertiary/aromatic N) is 1. The van der Waals surface area contributed by atoms with E-state index in [1.165, 1.54) is 19.2 Å². The lowest BCUT2D eigenvalue weighted by molar-refractivity contribution is -0.142. The average Bonchev–Trinajstić information content (AvgIpc) is 3.17. The summed E-state index contributed by atoms with van der Waals surface area (Å²) < 4.78 is 19.9. The second-order valence-electron chi connectivity index (χ2n) is 8.32. The molecule has 1 aliphatic rings. The highest BCUT2D eigenvalue weighted by atomic mass is 19.1. The maximum atomic E-state index is 14.4. The molecule has 0 spiro atoms. The van der Waals surface area contributed by atoms with Gasteiger partial charge in [-0.3, -0.25) is 10.1 Å². The lowest BCUT2D eigenvalue weighted by Crippen LogP contribution is -2.42. The summed E-state index contributed by atoms with van der Waals surface area (Å²) in [7, 11) is 1.30. The Kier molecular flexibility index (Phi) is 6.82. The highest BCUT2D eigenvalue weighted by Gasteiger charge is 2.30. The van der Waals surface area contributed by atoms with Crippen molar-refractivity contribution in [2.24, 2.45) is 0 Å². The van der Waals surface area contributed by atoms with Gasteiger partial charge in [-0.1, -0.05) is 55.5 Å². The second-order valence-corrected chi connectivity index (χ2v) is 8.32. The number of anilines is 1. The molecule has 1 atom stereocenters. The minimum atomic E-state index is -1.18. The molecular formula is C27H25FN2O5. The molecule has 1 unspecified atom stereocenters. The highest BCUT2D eigenvalue weighted by molar-refractivity contribution is 5.98. The number of ether oxygens (including phenoxy) is 1. The quantitative estimate of drug-likeness (QED) is 0.493. The van der Waals surface area contributed by atoms with Crippen molar-refractivity contribution in [3.63, 3.8) is 0 Å². The van der Waals surface area contributed by atoms with Crippen LogP contribution in [0.15, 0.2) is 66.7 Å². The van der Waals surface area contributed by atoms with Gasteiger partial charge in [-0.05, 0) is 46.9 Å². The van der Waals surface area contributed by atoms with Gasteiger partial charge in [0.15, 0.2) is 0 Å². The summed E-state index contributed by atoms with van der Waals surface area (Å²) in [5.74, 6) is -2.92. The molecule has 0 saturated carbocycles. The van der Waals surface area contributed by atoms with Gasteiger partial charge < -0.3 is 14.7 Å². The summed E-state index contributed by atoms with van der Waals surface area (Å²) in [5.41, 5.74) is 4.17.